The molecule has 2 heterocycles. The van der Waals surface area contributed by atoms with Gasteiger partial charge in [0.1, 0.15) is 0 Å². The highest BCUT2D eigenvalue weighted by Gasteiger charge is 2.22. The number of nitrogens with zero attached hydrogens (tertiary/aromatic N) is 3. The number of carbonyl (C=O) groups is 1. The summed E-state index contributed by atoms with van der Waals surface area (Å²) in [7, 11) is 0. The van der Waals surface area contributed by atoms with Crippen molar-refractivity contribution in [1.29, 1.82) is 0 Å². The lowest BCUT2D eigenvalue weighted by Crippen LogP contribution is -2.38. The first-order chi connectivity index (χ1) is 8.65. The minimum absolute atomic E-state index is 0.192. The van der Waals surface area contributed by atoms with Gasteiger partial charge in [-0.25, -0.2) is 14.8 Å². The van der Waals surface area contributed by atoms with Crippen LogP contribution in [0.25, 0.3) is 0 Å². The molecule has 0 atom stereocenters. The van der Waals surface area contributed by atoms with E-state index in [1.807, 2.05) is 0 Å². The van der Waals surface area contributed by atoms with Crippen LogP contribution in [-0.2, 0) is 0 Å². The molecule has 0 aromatic carbocycles. The lowest BCUT2D eigenvalue weighted by molar-refractivity contribution is 0.111. The summed E-state index contributed by atoms with van der Waals surface area (Å²) >= 11 is 5.57. The SMILES string of the molecule is O=C(O)N1CCC(COc2cnc(Cl)nc2)CC1. The third-order valence-electron chi connectivity index (χ3n) is 2.97. The second kappa shape index (κ2) is 5.86. The summed E-state index contributed by atoms with van der Waals surface area (Å²) in [5.74, 6) is 0.955. The molecule has 0 unspecified atom stereocenters. The Morgan fingerprint density at radius 3 is 2.61 bits per heavy atom. The highest BCUT2D eigenvalue weighted by atomic mass is 35.5. The van der Waals surface area contributed by atoms with E-state index in [0.29, 0.717) is 31.4 Å². The van der Waals surface area contributed by atoms with Crippen LogP contribution < -0.4 is 4.74 Å². The van der Waals surface area contributed by atoms with E-state index < -0.39 is 6.09 Å². The molecule has 0 aliphatic carbocycles. The van der Waals surface area contributed by atoms with Gasteiger partial charge in [0.15, 0.2) is 5.75 Å². The van der Waals surface area contributed by atoms with Gasteiger partial charge in [-0.1, -0.05) is 0 Å². The van der Waals surface area contributed by atoms with Gasteiger partial charge >= 0.3 is 6.09 Å². The molecule has 0 saturated carbocycles. The molecular formula is C11H14ClN3O3. The molecule has 98 valence electrons. The number of hydrogen-bond donors (Lipinski definition) is 1. The lowest BCUT2D eigenvalue weighted by Gasteiger charge is -2.29. The second-order valence-electron chi connectivity index (χ2n) is 4.21. The number of rotatable bonds is 3. The summed E-state index contributed by atoms with van der Waals surface area (Å²) in [6.07, 6.45) is 3.85. The molecule has 0 spiro atoms. The van der Waals surface area contributed by atoms with Gasteiger partial charge < -0.3 is 14.7 Å². The Labute approximate surface area is 110 Å². The molecule has 1 fully saturated rings. The van der Waals surface area contributed by atoms with Crippen molar-refractivity contribution in [3.05, 3.63) is 17.7 Å². The van der Waals surface area contributed by atoms with Crippen LogP contribution in [0, 0.1) is 5.92 Å². The first-order valence-electron chi connectivity index (χ1n) is 5.73. The summed E-state index contributed by atoms with van der Waals surface area (Å²) in [6, 6.07) is 0. The van der Waals surface area contributed by atoms with E-state index in [4.69, 9.17) is 21.4 Å². The van der Waals surface area contributed by atoms with Gasteiger partial charge in [0.25, 0.3) is 0 Å². The number of halogens is 1. The van der Waals surface area contributed by atoms with E-state index in [1.165, 1.54) is 17.3 Å². The van der Waals surface area contributed by atoms with E-state index in [-0.39, 0.29) is 5.28 Å². The molecule has 6 nitrogen and oxygen atoms in total. The topological polar surface area (TPSA) is 75.5 Å². The maximum Gasteiger partial charge on any atom is 0.407 e. The Kier molecular flexibility index (Phi) is 4.19. The highest BCUT2D eigenvalue weighted by Crippen LogP contribution is 2.19. The van der Waals surface area contributed by atoms with Crippen LogP contribution in [0.15, 0.2) is 12.4 Å². The molecule has 1 aromatic rings. The molecular weight excluding hydrogens is 258 g/mol. The predicted molar refractivity (Wildman–Crippen MR) is 64.9 cm³/mol. The van der Waals surface area contributed by atoms with Crippen molar-refractivity contribution in [2.24, 2.45) is 5.92 Å². The van der Waals surface area contributed by atoms with Crippen molar-refractivity contribution in [2.75, 3.05) is 19.7 Å². The standard InChI is InChI=1S/C11H14ClN3O3/c12-10-13-5-9(6-14-10)18-7-8-1-3-15(4-2-8)11(16)17/h5-6,8H,1-4,7H2,(H,16,17). The molecule has 1 aliphatic heterocycles. The Morgan fingerprint density at radius 1 is 1.44 bits per heavy atom. The van der Waals surface area contributed by atoms with E-state index in [1.54, 1.807) is 0 Å². The first-order valence-corrected chi connectivity index (χ1v) is 6.11. The number of amides is 1. The third kappa shape index (κ3) is 3.46. The van der Waals surface area contributed by atoms with Crippen molar-refractivity contribution in [2.45, 2.75) is 12.8 Å². The second-order valence-corrected chi connectivity index (χ2v) is 4.55. The van der Waals surface area contributed by atoms with Crippen molar-refractivity contribution in [3.8, 4) is 5.75 Å². The van der Waals surface area contributed by atoms with Gasteiger partial charge in [-0.15, -0.1) is 0 Å². The number of ether oxygens (including phenoxy) is 1. The van der Waals surface area contributed by atoms with Gasteiger partial charge in [0.2, 0.25) is 5.28 Å². The summed E-state index contributed by atoms with van der Waals surface area (Å²) in [5, 5.41) is 9.02. The van der Waals surface area contributed by atoms with E-state index in [9.17, 15) is 4.79 Å². The number of aromatic nitrogens is 2. The van der Waals surface area contributed by atoms with E-state index in [0.717, 1.165) is 12.8 Å². The van der Waals surface area contributed by atoms with Gasteiger partial charge in [-0.05, 0) is 30.4 Å². The van der Waals surface area contributed by atoms with Crippen molar-refractivity contribution in [1.82, 2.24) is 14.9 Å². The lowest BCUT2D eigenvalue weighted by atomic mass is 9.98. The molecule has 1 aliphatic rings. The van der Waals surface area contributed by atoms with Gasteiger partial charge in [0.05, 0.1) is 19.0 Å². The van der Waals surface area contributed by atoms with Crippen LogP contribution in [0.1, 0.15) is 12.8 Å². The molecule has 1 N–H and O–H groups in total. The smallest absolute Gasteiger partial charge is 0.407 e. The quantitative estimate of drug-likeness (QED) is 0.850. The summed E-state index contributed by atoms with van der Waals surface area (Å²) in [5.41, 5.74) is 0. The number of hydrogen-bond acceptors (Lipinski definition) is 4. The predicted octanol–water partition coefficient (Wildman–Crippen LogP) is 1.90. The fourth-order valence-electron chi connectivity index (χ4n) is 1.88. The molecule has 0 radical (unpaired) electrons. The fraction of sp³-hybridized carbons (Fsp3) is 0.545. The zero-order valence-electron chi connectivity index (χ0n) is 9.75. The Hall–Kier alpha value is -1.56. The average Bonchev–Trinajstić information content (AvgIpc) is 2.38. The number of piperidine rings is 1. The largest absolute Gasteiger partial charge is 0.490 e. The van der Waals surface area contributed by atoms with Gasteiger partial charge in [-0.2, -0.15) is 0 Å². The van der Waals surface area contributed by atoms with Crippen molar-refractivity contribution in [3.63, 3.8) is 0 Å². The summed E-state index contributed by atoms with van der Waals surface area (Å²) in [4.78, 5) is 19.8. The number of likely N-dealkylation sites (tertiary alicyclic amines) is 1. The van der Waals surface area contributed by atoms with Crippen molar-refractivity contribution >= 4 is 17.7 Å². The Balaban J connectivity index is 1.75. The number of carboxylic acid groups (broad SMARTS) is 1. The van der Waals surface area contributed by atoms with Crippen LogP contribution in [0.4, 0.5) is 4.79 Å². The average molecular weight is 272 g/mol. The van der Waals surface area contributed by atoms with Crippen LogP contribution >= 0.6 is 11.6 Å². The maximum absolute atomic E-state index is 10.7. The molecule has 1 saturated heterocycles. The first kappa shape index (κ1) is 12.9. The van der Waals surface area contributed by atoms with E-state index >= 15 is 0 Å². The van der Waals surface area contributed by atoms with Gasteiger partial charge in [0, 0.05) is 13.1 Å². The summed E-state index contributed by atoms with van der Waals surface area (Å²) < 4.78 is 5.55. The zero-order chi connectivity index (χ0) is 13.0. The minimum Gasteiger partial charge on any atom is -0.490 e. The van der Waals surface area contributed by atoms with E-state index in [2.05, 4.69) is 9.97 Å². The fourth-order valence-corrected chi connectivity index (χ4v) is 1.98. The van der Waals surface area contributed by atoms with Crippen LogP contribution in [-0.4, -0.2) is 45.8 Å². The Bertz CT molecular complexity index is 404. The van der Waals surface area contributed by atoms with Crippen LogP contribution in [0.2, 0.25) is 5.28 Å². The van der Waals surface area contributed by atoms with Crippen LogP contribution in [0.5, 0.6) is 5.75 Å². The molecule has 18 heavy (non-hydrogen) atoms. The Morgan fingerprint density at radius 2 is 2.06 bits per heavy atom. The molecule has 1 aromatic heterocycles. The zero-order valence-corrected chi connectivity index (χ0v) is 10.5. The summed E-state index contributed by atoms with van der Waals surface area (Å²) in [6.45, 7) is 1.69. The monoisotopic (exact) mass is 271 g/mol. The molecule has 7 heteroatoms. The normalized spacial score (nSPS) is 16.6. The molecule has 2 rings (SSSR count). The third-order valence-corrected chi connectivity index (χ3v) is 3.16. The molecule has 1 amide bonds. The minimum atomic E-state index is -0.847. The highest BCUT2D eigenvalue weighted by molar-refractivity contribution is 6.28. The molecule has 0 bridgehead atoms. The van der Waals surface area contributed by atoms with Crippen LogP contribution in [0.3, 0.4) is 0 Å². The van der Waals surface area contributed by atoms with Crippen molar-refractivity contribution < 1.29 is 14.6 Å². The maximum atomic E-state index is 10.7. The van der Waals surface area contributed by atoms with Gasteiger partial charge in [-0.3, -0.25) is 0 Å².